The van der Waals surface area contributed by atoms with E-state index in [0.717, 1.165) is 11.8 Å². The Kier molecular flexibility index (Phi) is 3.79. The van der Waals surface area contributed by atoms with Gasteiger partial charge in [-0.3, -0.25) is 0 Å². The Morgan fingerprint density at radius 3 is 2.95 bits per heavy atom. The summed E-state index contributed by atoms with van der Waals surface area (Å²) in [5.41, 5.74) is 6.29. The molecule has 0 aliphatic carbocycles. The van der Waals surface area contributed by atoms with Gasteiger partial charge in [0.15, 0.2) is 0 Å². The van der Waals surface area contributed by atoms with Crippen LogP contribution in [0.4, 0.5) is 5.82 Å². The fourth-order valence-corrected chi connectivity index (χ4v) is 3.49. The van der Waals surface area contributed by atoms with Crippen molar-refractivity contribution in [1.29, 1.82) is 0 Å². The van der Waals surface area contributed by atoms with E-state index in [9.17, 15) is 8.42 Å². The molecule has 1 aliphatic heterocycles. The van der Waals surface area contributed by atoms with Crippen molar-refractivity contribution < 1.29 is 13.2 Å². The van der Waals surface area contributed by atoms with E-state index < -0.39 is 10.0 Å². The van der Waals surface area contributed by atoms with Crippen molar-refractivity contribution in [2.75, 3.05) is 25.5 Å². The predicted molar refractivity (Wildman–Crippen MR) is 80.3 cm³/mol. The van der Waals surface area contributed by atoms with Crippen LogP contribution < -0.4 is 10.5 Å². The van der Waals surface area contributed by atoms with E-state index in [1.807, 2.05) is 0 Å². The molecule has 1 aromatic carbocycles. The third-order valence-electron chi connectivity index (χ3n) is 3.58. The van der Waals surface area contributed by atoms with E-state index >= 15 is 0 Å². The van der Waals surface area contributed by atoms with Gasteiger partial charge in [0.05, 0.1) is 17.0 Å². The van der Waals surface area contributed by atoms with Crippen LogP contribution in [0.5, 0.6) is 0 Å². The minimum Gasteiger partial charge on any atom is -0.384 e. The molecule has 0 radical (unpaired) electrons. The molecule has 1 atom stereocenters. The lowest BCUT2D eigenvalue weighted by Gasteiger charge is -2.11. The van der Waals surface area contributed by atoms with Crippen LogP contribution in [-0.4, -0.2) is 33.2 Å². The van der Waals surface area contributed by atoms with Gasteiger partial charge in [0.1, 0.15) is 5.82 Å². The van der Waals surface area contributed by atoms with Crippen LogP contribution in [0.15, 0.2) is 35.2 Å². The average molecular weight is 307 g/mol. The molecule has 6 nitrogen and oxygen atoms in total. The van der Waals surface area contributed by atoms with Gasteiger partial charge < -0.3 is 10.5 Å². The van der Waals surface area contributed by atoms with Crippen LogP contribution in [0, 0.1) is 5.92 Å². The first kappa shape index (κ1) is 14.2. The first-order chi connectivity index (χ1) is 10.0. The van der Waals surface area contributed by atoms with Crippen molar-refractivity contribution in [3.63, 3.8) is 0 Å². The van der Waals surface area contributed by atoms with Gasteiger partial charge in [0.2, 0.25) is 10.0 Å². The number of nitrogens with one attached hydrogen (secondary N) is 1. The van der Waals surface area contributed by atoms with Crippen molar-refractivity contribution in [2.24, 2.45) is 5.92 Å². The highest BCUT2D eigenvalue weighted by atomic mass is 32.2. The van der Waals surface area contributed by atoms with Gasteiger partial charge in [-0.25, -0.2) is 18.1 Å². The third-order valence-corrected chi connectivity index (χ3v) is 5.00. The van der Waals surface area contributed by atoms with Gasteiger partial charge in [0, 0.05) is 18.5 Å². The van der Waals surface area contributed by atoms with Gasteiger partial charge >= 0.3 is 0 Å². The topological polar surface area (TPSA) is 94.3 Å². The lowest BCUT2D eigenvalue weighted by Crippen LogP contribution is -2.29. The number of hydrogen-bond donors (Lipinski definition) is 2. The SMILES string of the molecule is Nc1ccc2cc(S(=O)(=O)NCC3CCOC3)ccc2n1. The van der Waals surface area contributed by atoms with E-state index in [0.29, 0.717) is 31.1 Å². The van der Waals surface area contributed by atoms with Gasteiger partial charge in [-0.15, -0.1) is 0 Å². The van der Waals surface area contributed by atoms with Crippen molar-refractivity contribution >= 4 is 26.7 Å². The minimum atomic E-state index is -3.51. The van der Waals surface area contributed by atoms with Gasteiger partial charge in [-0.05, 0) is 42.7 Å². The van der Waals surface area contributed by atoms with Crippen LogP contribution in [-0.2, 0) is 14.8 Å². The van der Waals surface area contributed by atoms with Crippen molar-refractivity contribution in [3.8, 4) is 0 Å². The zero-order chi connectivity index (χ0) is 14.9. The minimum absolute atomic E-state index is 0.237. The lowest BCUT2D eigenvalue weighted by molar-refractivity contribution is 0.186. The number of nitrogens with zero attached hydrogens (tertiary/aromatic N) is 1. The van der Waals surface area contributed by atoms with E-state index in [2.05, 4.69) is 9.71 Å². The second-order valence-corrected chi connectivity index (χ2v) is 6.94. The quantitative estimate of drug-likeness (QED) is 0.883. The molecule has 3 rings (SSSR count). The summed E-state index contributed by atoms with van der Waals surface area (Å²) in [5.74, 6) is 0.666. The van der Waals surface area contributed by atoms with Gasteiger partial charge in [-0.1, -0.05) is 0 Å². The number of ether oxygens (including phenoxy) is 1. The monoisotopic (exact) mass is 307 g/mol. The van der Waals surface area contributed by atoms with Crippen LogP contribution in [0.1, 0.15) is 6.42 Å². The number of sulfonamides is 1. The molecule has 2 heterocycles. The summed E-state index contributed by atoms with van der Waals surface area (Å²) in [6.45, 7) is 1.72. The molecule has 0 bridgehead atoms. The summed E-state index contributed by atoms with van der Waals surface area (Å²) in [7, 11) is -3.51. The summed E-state index contributed by atoms with van der Waals surface area (Å²) in [4.78, 5) is 4.39. The number of nitrogens with two attached hydrogens (primary N) is 1. The highest BCUT2D eigenvalue weighted by Crippen LogP contribution is 2.19. The Morgan fingerprint density at radius 2 is 2.19 bits per heavy atom. The summed E-state index contributed by atoms with van der Waals surface area (Å²) in [5, 5.41) is 0.747. The predicted octanol–water partition coefficient (Wildman–Crippen LogP) is 1.13. The standard InChI is InChI=1S/C14H17N3O3S/c15-14-4-1-11-7-12(2-3-13(11)17-14)21(18,19)16-8-10-5-6-20-9-10/h1-4,7,10,16H,5-6,8-9H2,(H2,15,17). The maximum atomic E-state index is 12.3. The molecule has 7 heteroatoms. The Morgan fingerprint density at radius 1 is 1.33 bits per heavy atom. The molecule has 0 spiro atoms. The van der Waals surface area contributed by atoms with Crippen LogP contribution in [0.2, 0.25) is 0 Å². The molecule has 1 aromatic heterocycles. The third kappa shape index (κ3) is 3.15. The fourth-order valence-electron chi connectivity index (χ4n) is 2.34. The van der Waals surface area contributed by atoms with Crippen molar-refractivity contribution in [3.05, 3.63) is 30.3 Å². The maximum absolute atomic E-state index is 12.3. The Bertz CT molecular complexity index is 755. The molecule has 1 aliphatic rings. The summed E-state index contributed by atoms with van der Waals surface area (Å²) in [6.07, 6.45) is 0.892. The van der Waals surface area contributed by atoms with Crippen LogP contribution in [0.25, 0.3) is 10.9 Å². The molecule has 1 unspecified atom stereocenters. The second-order valence-electron chi connectivity index (χ2n) is 5.17. The smallest absolute Gasteiger partial charge is 0.240 e. The van der Waals surface area contributed by atoms with E-state index in [1.54, 1.807) is 30.3 Å². The van der Waals surface area contributed by atoms with Crippen LogP contribution >= 0.6 is 0 Å². The van der Waals surface area contributed by atoms with Crippen LogP contribution in [0.3, 0.4) is 0 Å². The van der Waals surface area contributed by atoms with E-state index in [4.69, 9.17) is 10.5 Å². The van der Waals surface area contributed by atoms with Gasteiger partial charge in [-0.2, -0.15) is 0 Å². The highest BCUT2D eigenvalue weighted by molar-refractivity contribution is 7.89. The van der Waals surface area contributed by atoms with E-state index in [1.165, 1.54) is 0 Å². The first-order valence-corrected chi connectivity index (χ1v) is 8.26. The fraction of sp³-hybridized carbons (Fsp3) is 0.357. The highest BCUT2D eigenvalue weighted by Gasteiger charge is 2.20. The molecule has 0 saturated carbocycles. The molecule has 1 saturated heterocycles. The molecule has 1 fully saturated rings. The molecule has 21 heavy (non-hydrogen) atoms. The summed E-state index contributed by atoms with van der Waals surface area (Å²) in [6, 6.07) is 8.24. The molecule has 3 N–H and O–H groups in total. The number of fused-ring (bicyclic) bond motifs is 1. The summed E-state index contributed by atoms with van der Waals surface area (Å²) >= 11 is 0. The van der Waals surface area contributed by atoms with Gasteiger partial charge in [0.25, 0.3) is 0 Å². The zero-order valence-electron chi connectivity index (χ0n) is 11.5. The Balaban J connectivity index is 1.82. The van der Waals surface area contributed by atoms with Crippen molar-refractivity contribution in [2.45, 2.75) is 11.3 Å². The summed E-state index contributed by atoms with van der Waals surface area (Å²) < 4.78 is 32.5. The zero-order valence-corrected chi connectivity index (χ0v) is 12.3. The molecular formula is C14H17N3O3S. The lowest BCUT2D eigenvalue weighted by atomic mass is 10.1. The Labute approximate surface area is 123 Å². The number of hydrogen-bond acceptors (Lipinski definition) is 5. The molecule has 2 aromatic rings. The Hall–Kier alpha value is -1.70. The largest absolute Gasteiger partial charge is 0.384 e. The number of nitrogen functional groups attached to an aromatic ring is 1. The number of aromatic nitrogens is 1. The molecule has 112 valence electrons. The normalized spacial score (nSPS) is 19.1. The number of benzene rings is 1. The maximum Gasteiger partial charge on any atom is 0.240 e. The second kappa shape index (κ2) is 5.59. The first-order valence-electron chi connectivity index (χ1n) is 6.78. The molecular weight excluding hydrogens is 290 g/mol. The number of pyridine rings is 1. The van der Waals surface area contributed by atoms with Crippen molar-refractivity contribution in [1.82, 2.24) is 9.71 Å². The average Bonchev–Trinajstić information content (AvgIpc) is 2.98. The van der Waals surface area contributed by atoms with E-state index in [-0.39, 0.29) is 10.8 Å². The molecule has 0 amide bonds. The number of rotatable bonds is 4. The number of anilines is 1.